The molecular formula is C19H25N3O3. The van der Waals surface area contributed by atoms with Crippen LogP contribution in [0.15, 0.2) is 30.3 Å². The van der Waals surface area contributed by atoms with Crippen LogP contribution in [-0.2, 0) is 11.3 Å². The number of aromatic nitrogens is 2. The van der Waals surface area contributed by atoms with Gasteiger partial charge in [0.15, 0.2) is 0 Å². The molecule has 0 radical (unpaired) electrons. The molecule has 2 heterocycles. The fourth-order valence-electron chi connectivity index (χ4n) is 3.75. The Hall–Kier alpha value is -2.34. The van der Waals surface area contributed by atoms with Crippen molar-refractivity contribution in [3.63, 3.8) is 0 Å². The Labute approximate surface area is 147 Å². The van der Waals surface area contributed by atoms with Gasteiger partial charge in [0, 0.05) is 23.2 Å². The normalized spacial score (nSPS) is 21.4. The van der Waals surface area contributed by atoms with E-state index in [2.05, 4.69) is 17.1 Å². The summed E-state index contributed by atoms with van der Waals surface area (Å²) in [6.45, 7) is 6.55. The molecule has 1 fully saturated rings. The topological polar surface area (TPSA) is 78.5 Å². The van der Waals surface area contributed by atoms with E-state index in [4.69, 9.17) is 4.74 Å². The van der Waals surface area contributed by atoms with Gasteiger partial charge in [0.2, 0.25) is 0 Å². The summed E-state index contributed by atoms with van der Waals surface area (Å²) in [6.07, 6.45) is -0.355. The summed E-state index contributed by atoms with van der Waals surface area (Å²) in [5.41, 5.74) is 4.00. The van der Waals surface area contributed by atoms with Gasteiger partial charge >= 0.3 is 6.09 Å². The lowest BCUT2D eigenvalue weighted by Crippen LogP contribution is -2.39. The predicted octanol–water partition coefficient (Wildman–Crippen LogP) is 2.90. The number of nitrogens with one attached hydrogen (secondary N) is 1. The average molecular weight is 343 g/mol. The van der Waals surface area contributed by atoms with E-state index in [1.54, 1.807) is 4.90 Å². The van der Waals surface area contributed by atoms with E-state index in [9.17, 15) is 9.90 Å². The standard InChI is InChI=1S/C19H25N3O3/c1-12(18-13(2)20-21-14(18)3)17-9-16(23)10-22(17)19(24)25-11-15-7-5-4-6-8-15/h4-8,12,16-17,23H,9-11H2,1-3H3,(H,20,21)/t12?,16-,17-/m0/s1. The minimum atomic E-state index is -0.524. The number of ether oxygens (including phenoxy) is 1. The molecule has 1 unspecified atom stereocenters. The SMILES string of the molecule is Cc1n[nH]c(C)c1C(C)[C@@H]1C[C@H](O)CN1C(=O)OCc1ccccc1. The number of aryl methyl sites for hydroxylation is 2. The molecule has 0 spiro atoms. The van der Waals surface area contributed by atoms with Crippen LogP contribution < -0.4 is 0 Å². The maximum Gasteiger partial charge on any atom is 0.410 e. The fraction of sp³-hybridized carbons (Fsp3) is 0.474. The Morgan fingerprint density at radius 3 is 2.76 bits per heavy atom. The molecule has 6 heteroatoms. The number of carbonyl (C=O) groups excluding carboxylic acids is 1. The number of benzene rings is 1. The third-order valence-electron chi connectivity index (χ3n) is 4.98. The lowest BCUT2D eigenvalue weighted by atomic mass is 9.90. The first-order valence-electron chi connectivity index (χ1n) is 8.64. The number of hydrogen-bond donors (Lipinski definition) is 2. The Balaban J connectivity index is 1.71. The van der Waals surface area contributed by atoms with Crippen molar-refractivity contribution in [1.29, 1.82) is 0 Å². The first kappa shape index (κ1) is 17.5. The van der Waals surface area contributed by atoms with Gasteiger partial charge in [-0.15, -0.1) is 0 Å². The lowest BCUT2D eigenvalue weighted by Gasteiger charge is -2.29. The van der Waals surface area contributed by atoms with Gasteiger partial charge in [-0.05, 0) is 25.8 Å². The number of likely N-dealkylation sites (tertiary alicyclic amines) is 1. The predicted molar refractivity (Wildman–Crippen MR) is 94.2 cm³/mol. The van der Waals surface area contributed by atoms with E-state index < -0.39 is 6.10 Å². The summed E-state index contributed by atoms with van der Waals surface area (Å²) < 4.78 is 5.47. The molecule has 1 saturated heterocycles. The highest BCUT2D eigenvalue weighted by atomic mass is 16.6. The molecule has 3 atom stereocenters. The number of amides is 1. The summed E-state index contributed by atoms with van der Waals surface area (Å²) in [6, 6.07) is 9.49. The second-order valence-corrected chi connectivity index (χ2v) is 6.79. The van der Waals surface area contributed by atoms with Crippen LogP contribution in [0, 0.1) is 13.8 Å². The third-order valence-corrected chi connectivity index (χ3v) is 4.98. The second kappa shape index (κ2) is 7.27. The van der Waals surface area contributed by atoms with Gasteiger partial charge in [-0.1, -0.05) is 37.3 Å². The van der Waals surface area contributed by atoms with Crippen molar-refractivity contribution in [1.82, 2.24) is 15.1 Å². The third kappa shape index (κ3) is 3.69. The number of nitrogens with zero attached hydrogens (tertiary/aromatic N) is 2. The van der Waals surface area contributed by atoms with Gasteiger partial charge in [0.25, 0.3) is 0 Å². The quantitative estimate of drug-likeness (QED) is 0.895. The van der Waals surface area contributed by atoms with Crippen LogP contribution in [0.4, 0.5) is 4.79 Å². The Bertz CT molecular complexity index is 709. The highest BCUT2D eigenvalue weighted by Gasteiger charge is 2.40. The molecule has 134 valence electrons. The monoisotopic (exact) mass is 343 g/mol. The van der Waals surface area contributed by atoms with E-state index >= 15 is 0 Å². The number of aromatic amines is 1. The van der Waals surface area contributed by atoms with Crippen molar-refractivity contribution in [3.8, 4) is 0 Å². The van der Waals surface area contributed by atoms with Gasteiger partial charge in [0.1, 0.15) is 6.61 Å². The molecule has 1 aliphatic rings. The number of rotatable bonds is 4. The van der Waals surface area contributed by atoms with E-state index in [-0.39, 0.29) is 24.7 Å². The van der Waals surface area contributed by atoms with Crippen LogP contribution in [0.2, 0.25) is 0 Å². The number of carbonyl (C=O) groups is 1. The Morgan fingerprint density at radius 2 is 2.12 bits per heavy atom. The zero-order chi connectivity index (χ0) is 18.0. The molecular weight excluding hydrogens is 318 g/mol. The second-order valence-electron chi connectivity index (χ2n) is 6.79. The molecule has 1 aromatic carbocycles. The van der Waals surface area contributed by atoms with Gasteiger partial charge in [-0.25, -0.2) is 4.79 Å². The first-order valence-corrected chi connectivity index (χ1v) is 8.64. The molecule has 0 bridgehead atoms. The van der Waals surface area contributed by atoms with Crippen molar-refractivity contribution in [3.05, 3.63) is 52.8 Å². The van der Waals surface area contributed by atoms with Crippen molar-refractivity contribution in [2.24, 2.45) is 0 Å². The molecule has 2 aromatic rings. The number of H-pyrrole nitrogens is 1. The summed E-state index contributed by atoms with van der Waals surface area (Å²) in [4.78, 5) is 14.2. The zero-order valence-electron chi connectivity index (χ0n) is 14.9. The summed E-state index contributed by atoms with van der Waals surface area (Å²) >= 11 is 0. The van der Waals surface area contributed by atoms with Crippen LogP contribution in [0.25, 0.3) is 0 Å². The lowest BCUT2D eigenvalue weighted by molar-refractivity contribution is 0.0848. The molecule has 6 nitrogen and oxygen atoms in total. The van der Waals surface area contributed by atoms with E-state index in [1.807, 2.05) is 44.2 Å². The molecule has 3 rings (SSSR count). The summed E-state index contributed by atoms with van der Waals surface area (Å²) in [7, 11) is 0. The van der Waals surface area contributed by atoms with Gasteiger partial charge in [0.05, 0.1) is 18.3 Å². The fourth-order valence-corrected chi connectivity index (χ4v) is 3.75. The number of aliphatic hydroxyl groups excluding tert-OH is 1. The smallest absolute Gasteiger partial charge is 0.410 e. The minimum Gasteiger partial charge on any atom is -0.445 e. The van der Waals surface area contributed by atoms with Crippen molar-refractivity contribution in [2.45, 2.75) is 51.9 Å². The number of β-amino-alcohol motifs (C(OH)–C–C–N with tert-alkyl or cyclic N) is 1. The van der Waals surface area contributed by atoms with Crippen LogP contribution in [-0.4, -0.2) is 45.0 Å². The van der Waals surface area contributed by atoms with Crippen molar-refractivity contribution in [2.75, 3.05) is 6.54 Å². The van der Waals surface area contributed by atoms with E-state index in [0.717, 1.165) is 22.5 Å². The maximum absolute atomic E-state index is 12.6. The first-order chi connectivity index (χ1) is 12.0. The van der Waals surface area contributed by atoms with Crippen LogP contribution in [0.5, 0.6) is 0 Å². The average Bonchev–Trinajstić information content (AvgIpc) is 3.15. The Morgan fingerprint density at radius 1 is 1.40 bits per heavy atom. The summed E-state index contributed by atoms with van der Waals surface area (Å²) in [5, 5.41) is 17.4. The van der Waals surface area contributed by atoms with Crippen LogP contribution >= 0.6 is 0 Å². The molecule has 1 amide bonds. The molecule has 25 heavy (non-hydrogen) atoms. The molecule has 0 aliphatic carbocycles. The minimum absolute atomic E-state index is 0.0696. The van der Waals surface area contributed by atoms with Crippen LogP contribution in [0.1, 0.15) is 41.8 Å². The molecule has 2 N–H and O–H groups in total. The van der Waals surface area contributed by atoms with Crippen molar-refractivity contribution >= 4 is 6.09 Å². The molecule has 0 saturated carbocycles. The molecule has 1 aliphatic heterocycles. The van der Waals surface area contributed by atoms with Gasteiger partial charge in [-0.3, -0.25) is 5.10 Å². The largest absolute Gasteiger partial charge is 0.445 e. The maximum atomic E-state index is 12.6. The van der Waals surface area contributed by atoms with Gasteiger partial charge < -0.3 is 14.7 Å². The van der Waals surface area contributed by atoms with E-state index in [0.29, 0.717) is 13.0 Å². The summed E-state index contributed by atoms with van der Waals surface area (Å²) in [5.74, 6) is 0.0696. The highest BCUT2D eigenvalue weighted by Crippen LogP contribution is 2.34. The van der Waals surface area contributed by atoms with Crippen molar-refractivity contribution < 1.29 is 14.6 Å². The Kier molecular flexibility index (Phi) is 5.08. The number of aliphatic hydroxyl groups is 1. The highest BCUT2D eigenvalue weighted by molar-refractivity contribution is 5.69. The zero-order valence-corrected chi connectivity index (χ0v) is 14.9. The number of hydrogen-bond acceptors (Lipinski definition) is 4. The van der Waals surface area contributed by atoms with E-state index in [1.165, 1.54) is 0 Å². The van der Waals surface area contributed by atoms with Crippen LogP contribution in [0.3, 0.4) is 0 Å². The van der Waals surface area contributed by atoms with Gasteiger partial charge in [-0.2, -0.15) is 5.10 Å². The molecule has 1 aromatic heterocycles.